The molecule has 30 heavy (non-hydrogen) atoms. The van der Waals surface area contributed by atoms with Crippen LogP contribution in [0.15, 0.2) is 47.0 Å². The van der Waals surface area contributed by atoms with Crippen LogP contribution in [0.25, 0.3) is 11.5 Å². The SMILES string of the molecule is Cc1ccc2c(c1)C(=O)N(CCC(=O)OCc1noc(-c3ccccc3Cl)n1)C2=O. The molecule has 0 spiro atoms. The van der Waals surface area contributed by atoms with Crippen molar-refractivity contribution in [2.45, 2.75) is 20.0 Å². The number of esters is 1. The Hall–Kier alpha value is -3.52. The number of fused-ring (bicyclic) bond motifs is 1. The molecule has 1 aliphatic heterocycles. The topological polar surface area (TPSA) is 103 Å². The van der Waals surface area contributed by atoms with Crippen molar-refractivity contribution in [1.82, 2.24) is 15.0 Å². The van der Waals surface area contributed by atoms with E-state index in [-0.39, 0.29) is 31.3 Å². The Morgan fingerprint density at radius 3 is 2.67 bits per heavy atom. The number of halogens is 1. The molecule has 152 valence electrons. The summed E-state index contributed by atoms with van der Waals surface area (Å²) in [6, 6.07) is 12.0. The molecule has 0 aliphatic carbocycles. The molecule has 0 bridgehead atoms. The summed E-state index contributed by atoms with van der Waals surface area (Å²) >= 11 is 6.09. The van der Waals surface area contributed by atoms with E-state index in [0.29, 0.717) is 21.7 Å². The molecule has 0 saturated carbocycles. The predicted octanol–water partition coefficient (Wildman–Crippen LogP) is 3.43. The van der Waals surface area contributed by atoms with Crippen LogP contribution in [0.4, 0.5) is 0 Å². The minimum atomic E-state index is -0.591. The minimum Gasteiger partial charge on any atom is -0.457 e. The molecule has 2 heterocycles. The van der Waals surface area contributed by atoms with Crippen LogP contribution in [0.2, 0.25) is 5.02 Å². The first kappa shape index (κ1) is 19.8. The molecule has 2 amide bonds. The van der Waals surface area contributed by atoms with Gasteiger partial charge in [-0.3, -0.25) is 19.3 Å². The maximum atomic E-state index is 12.4. The van der Waals surface area contributed by atoms with Gasteiger partial charge in [0.2, 0.25) is 5.82 Å². The molecular formula is C21H16ClN3O5. The number of ether oxygens (including phenoxy) is 1. The second-order valence-corrected chi connectivity index (χ2v) is 7.12. The van der Waals surface area contributed by atoms with Gasteiger partial charge in [0, 0.05) is 6.54 Å². The van der Waals surface area contributed by atoms with Crippen molar-refractivity contribution in [3.63, 3.8) is 0 Å². The van der Waals surface area contributed by atoms with Crippen LogP contribution < -0.4 is 0 Å². The van der Waals surface area contributed by atoms with Crippen molar-refractivity contribution in [2.75, 3.05) is 6.54 Å². The fourth-order valence-corrected chi connectivity index (χ4v) is 3.30. The van der Waals surface area contributed by atoms with Gasteiger partial charge in [-0.1, -0.05) is 40.5 Å². The number of aromatic nitrogens is 2. The van der Waals surface area contributed by atoms with Crippen LogP contribution in [0.1, 0.15) is 38.5 Å². The highest BCUT2D eigenvalue weighted by Gasteiger charge is 2.35. The lowest BCUT2D eigenvalue weighted by Gasteiger charge is -2.12. The molecule has 1 aliphatic rings. The lowest BCUT2D eigenvalue weighted by molar-refractivity contribution is -0.145. The summed E-state index contributed by atoms with van der Waals surface area (Å²) in [5.41, 5.74) is 2.16. The van der Waals surface area contributed by atoms with E-state index in [0.717, 1.165) is 10.5 Å². The summed E-state index contributed by atoms with van der Waals surface area (Å²) in [5, 5.41) is 4.22. The summed E-state index contributed by atoms with van der Waals surface area (Å²) in [6.07, 6.45) is -0.139. The highest BCUT2D eigenvalue weighted by Crippen LogP contribution is 2.26. The molecule has 1 aromatic heterocycles. The number of hydrogen-bond acceptors (Lipinski definition) is 7. The highest BCUT2D eigenvalue weighted by atomic mass is 35.5. The maximum absolute atomic E-state index is 12.4. The molecule has 4 rings (SSSR count). The molecule has 0 N–H and O–H groups in total. The largest absolute Gasteiger partial charge is 0.457 e. The molecule has 0 unspecified atom stereocenters. The van der Waals surface area contributed by atoms with Crippen LogP contribution in [0.5, 0.6) is 0 Å². The summed E-state index contributed by atoms with van der Waals surface area (Å²) in [7, 11) is 0. The highest BCUT2D eigenvalue weighted by molar-refractivity contribution is 6.33. The monoisotopic (exact) mass is 425 g/mol. The number of imide groups is 1. The Morgan fingerprint density at radius 2 is 1.87 bits per heavy atom. The molecule has 9 heteroatoms. The van der Waals surface area contributed by atoms with E-state index in [1.165, 1.54) is 0 Å². The molecule has 0 atom stereocenters. The van der Waals surface area contributed by atoms with Gasteiger partial charge in [0.15, 0.2) is 6.61 Å². The minimum absolute atomic E-state index is 0.0681. The molecule has 8 nitrogen and oxygen atoms in total. The third-order valence-electron chi connectivity index (χ3n) is 4.60. The number of carbonyl (C=O) groups excluding carboxylic acids is 3. The summed E-state index contributed by atoms with van der Waals surface area (Å²) in [5.74, 6) is -1.02. The summed E-state index contributed by atoms with van der Waals surface area (Å²) < 4.78 is 10.3. The van der Waals surface area contributed by atoms with Crippen LogP contribution in [-0.4, -0.2) is 39.4 Å². The standard InChI is InChI=1S/C21H16ClN3O5/c1-12-6-7-13-15(10-12)21(28)25(20(13)27)9-8-18(26)29-11-17-23-19(30-24-17)14-4-2-3-5-16(14)22/h2-7,10H,8-9,11H2,1H3. The Labute approximate surface area is 176 Å². The molecule has 2 aromatic carbocycles. The molecule has 0 radical (unpaired) electrons. The van der Waals surface area contributed by atoms with Gasteiger partial charge >= 0.3 is 5.97 Å². The summed E-state index contributed by atoms with van der Waals surface area (Å²) in [4.78, 5) is 42.1. The fourth-order valence-electron chi connectivity index (χ4n) is 3.08. The van der Waals surface area contributed by atoms with Gasteiger partial charge < -0.3 is 9.26 Å². The number of aryl methyl sites for hydroxylation is 1. The lowest BCUT2D eigenvalue weighted by atomic mass is 10.1. The molecule has 3 aromatic rings. The normalized spacial score (nSPS) is 12.9. The van der Waals surface area contributed by atoms with Gasteiger partial charge in [-0.15, -0.1) is 0 Å². The lowest BCUT2D eigenvalue weighted by Crippen LogP contribution is -2.32. The van der Waals surface area contributed by atoms with E-state index < -0.39 is 17.8 Å². The zero-order valence-corrected chi connectivity index (χ0v) is 16.7. The van der Waals surface area contributed by atoms with Crippen molar-refractivity contribution < 1.29 is 23.6 Å². The van der Waals surface area contributed by atoms with E-state index in [1.807, 2.05) is 6.92 Å². The van der Waals surface area contributed by atoms with E-state index in [4.69, 9.17) is 20.9 Å². The van der Waals surface area contributed by atoms with Crippen LogP contribution >= 0.6 is 11.6 Å². The van der Waals surface area contributed by atoms with E-state index in [2.05, 4.69) is 10.1 Å². The third-order valence-corrected chi connectivity index (χ3v) is 4.93. The molecular weight excluding hydrogens is 410 g/mol. The quantitative estimate of drug-likeness (QED) is 0.440. The Kier molecular flexibility index (Phi) is 5.33. The Morgan fingerprint density at radius 1 is 1.10 bits per heavy atom. The first-order chi connectivity index (χ1) is 14.4. The summed E-state index contributed by atoms with van der Waals surface area (Å²) in [6.45, 7) is 1.57. The van der Waals surface area contributed by atoms with E-state index >= 15 is 0 Å². The van der Waals surface area contributed by atoms with E-state index in [9.17, 15) is 14.4 Å². The van der Waals surface area contributed by atoms with Crippen LogP contribution in [0, 0.1) is 6.92 Å². The van der Waals surface area contributed by atoms with Crippen molar-refractivity contribution >= 4 is 29.4 Å². The first-order valence-electron chi connectivity index (χ1n) is 9.14. The second-order valence-electron chi connectivity index (χ2n) is 6.72. The van der Waals surface area contributed by atoms with Gasteiger partial charge in [0.25, 0.3) is 17.7 Å². The zero-order valence-electron chi connectivity index (χ0n) is 15.9. The smallest absolute Gasteiger partial charge is 0.308 e. The van der Waals surface area contributed by atoms with Gasteiger partial charge in [-0.2, -0.15) is 4.98 Å². The number of rotatable bonds is 6. The van der Waals surface area contributed by atoms with Crippen molar-refractivity contribution in [3.05, 3.63) is 70.0 Å². The van der Waals surface area contributed by atoms with Crippen LogP contribution in [-0.2, 0) is 16.1 Å². The van der Waals surface area contributed by atoms with Gasteiger partial charge in [-0.05, 0) is 31.2 Å². The number of amides is 2. The second kappa shape index (κ2) is 8.08. The van der Waals surface area contributed by atoms with Gasteiger partial charge in [-0.25, -0.2) is 0 Å². The third kappa shape index (κ3) is 3.81. The average molecular weight is 426 g/mol. The molecule has 0 saturated heterocycles. The van der Waals surface area contributed by atoms with Gasteiger partial charge in [0.05, 0.1) is 28.1 Å². The van der Waals surface area contributed by atoms with E-state index in [1.54, 1.807) is 42.5 Å². The van der Waals surface area contributed by atoms with Crippen LogP contribution in [0.3, 0.4) is 0 Å². The number of nitrogens with zero attached hydrogens (tertiary/aromatic N) is 3. The maximum Gasteiger partial charge on any atom is 0.308 e. The number of hydrogen-bond donors (Lipinski definition) is 0. The molecule has 0 fully saturated rings. The number of benzene rings is 2. The van der Waals surface area contributed by atoms with Crippen molar-refractivity contribution in [3.8, 4) is 11.5 Å². The Balaban J connectivity index is 1.32. The predicted molar refractivity (Wildman–Crippen MR) is 106 cm³/mol. The first-order valence-corrected chi connectivity index (χ1v) is 9.52. The van der Waals surface area contributed by atoms with Crippen molar-refractivity contribution in [2.24, 2.45) is 0 Å². The average Bonchev–Trinajstić information content (AvgIpc) is 3.29. The van der Waals surface area contributed by atoms with Crippen molar-refractivity contribution in [1.29, 1.82) is 0 Å². The number of carbonyl (C=O) groups is 3. The Bertz CT molecular complexity index is 1160. The zero-order chi connectivity index (χ0) is 21.3. The van der Waals surface area contributed by atoms with Gasteiger partial charge in [0.1, 0.15) is 0 Å². The fraction of sp³-hybridized carbons (Fsp3) is 0.190.